The smallest absolute Gasteiger partial charge is 0.272 e. The standard InChI is InChI=1S/C16H20F2N2O2/c1-2-3-16-20-10-14(22-16)9-19-8-12-4-6-13(7-5-12)21-11-15(17)18/h4-7,10,15,19H,2-3,8-9,11H2,1H3. The second kappa shape index (κ2) is 8.48. The summed E-state index contributed by atoms with van der Waals surface area (Å²) in [6.07, 6.45) is 1.13. The number of alkyl halides is 2. The van der Waals surface area contributed by atoms with Crippen LogP contribution >= 0.6 is 0 Å². The lowest BCUT2D eigenvalue weighted by Crippen LogP contribution is -2.12. The Morgan fingerprint density at radius 2 is 2.00 bits per heavy atom. The summed E-state index contributed by atoms with van der Waals surface area (Å²) < 4.78 is 34.6. The molecular weight excluding hydrogens is 290 g/mol. The Morgan fingerprint density at radius 1 is 1.23 bits per heavy atom. The Labute approximate surface area is 128 Å². The van der Waals surface area contributed by atoms with Crippen molar-refractivity contribution in [2.45, 2.75) is 39.3 Å². The lowest BCUT2D eigenvalue weighted by molar-refractivity contribution is 0.0819. The summed E-state index contributed by atoms with van der Waals surface area (Å²) in [5.41, 5.74) is 1.04. The van der Waals surface area contributed by atoms with Crippen LogP contribution in [0.4, 0.5) is 8.78 Å². The van der Waals surface area contributed by atoms with Crippen molar-refractivity contribution in [2.24, 2.45) is 0 Å². The van der Waals surface area contributed by atoms with Crippen LogP contribution in [0.15, 0.2) is 34.9 Å². The van der Waals surface area contributed by atoms with E-state index in [9.17, 15) is 8.78 Å². The number of hydrogen-bond acceptors (Lipinski definition) is 4. The van der Waals surface area contributed by atoms with Gasteiger partial charge in [-0.2, -0.15) is 0 Å². The number of aromatic nitrogens is 1. The summed E-state index contributed by atoms with van der Waals surface area (Å²) in [6, 6.07) is 7.06. The summed E-state index contributed by atoms with van der Waals surface area (Å²) in [6.45, 7) is 2.75. The van der Waals surface area contributed by atoms with Crippen LogP contribution in [0.1, 0.15) is 30.6 Å². The zero-order valence-electron chi connectivity index (χ0n) is 12.5. The van der Waals surface area contributed by atoms with Crippen molar-refractivity contribution in [3.05, 3.63) is 47.7 Å². The maximum atomic E-state index is 12.0. The van der Waals surface area contributed by atoms with Crippen LogP contribution in [0.25, 0.3) is 0 Å². The Hall–Kier alpha value is -1.95. The fourth-order valence-electron chi connectivity index (χ4n) is 1.95. The molecule has 0 amide bonds. The molecule has 0 unspecified atom stereocenters. The number of halogens is 2. The number of nitrogens with zero attached hydrogens (tertiary/aromatic N) is 1. The molecule has 1 heterocycles. The molecule has 0 aliphatic heterocycles. The van der Waals surface area contributed by atoms with Gasteiger partial charge in [-0.05, 0) is 24.1 Å². The topological polar surface area (TPSA) is 47.3 Å². The highest BCUT2D eigenvalue weighted by molar-refractivity contribution is 5.27. The predicted molar refractivity (Wildman–Crippen MR) is 79.0 cm³/mol. The van der Waals surface area contributed by atoms with E-state index in [-0.39, 0.29) is 0 Å². The molecule has 0 saturated heterocycles. The van der Waals surface area contributed by atoms with Gasteiger partial charge in [0.05, 0.1) is 12.7 Å². The Balaban J connectivity index is 1.74. The molecule has 0 saturated carbocycles. The van der Waals surface area contributed by atoms with Crippen LogP contribution in [0.3, 0.4) is 0 Å². The van der Waals surface area contributed by atoms with E-state index in [1.54, 1.807) is 18.3 Å². The van der Waals surface area contributed by atoms with E-state index in [1.165, 1.54) is 0 Å². The first-order chi connectivity index (χ1) is 10.7. The van der Waals surface area contributed by atoms with Crippen LogP contribution in [0, 0.1) is 0 Å². The minimum Gasteiger partial charge on any atom is -0.488 e. The second-order valence-corrected chi connectivity index (χ2v) is 4.92. The molecule has 1 N–H and O–H groups in total. The maximum Gasteiger partial charge on any atom is 0.272 e. The molecule has 0 atom stereocenters. The van der Waals surface area contributed by atoms with Gasteiger partial charge < -0.3 is 14.5 Å². The number of benzene rings is 1. The highest BCUT2D eigenvalue weighted by atomic mass is 19.3. The number of oxazole rings is 1. The molecular formula is C16H20F2N2O2. The zero-order chi connectivity index (χ0) is 15.8. The van der Waals surface area contributed by atoms with Crippen LogP contribution in [-0.4, -0.2) is 18.0 Å². The number of nitrogens with one attached hydrogen (secondary N) is 1. The van der Waals surface area contributed by atoms with E-state index in [0.717, 1.165) is 30.1 Å². The highest BCUT2D eigenvalue weighted by Gasteiger charge is 2.04. The van der Waals surface area contributed by atoms with Gasteiger partial charge in [-0.15, -0.1) is 0 Å². The highest BCUT2D eigenvalue weighted by Crippen LogP contribution is 2.13. The second-order valence-electron chi connectivity index (χ2n) is 4.92. The zero-order valence-corrected chi connectivity index (χ0v) is 12.5. The molecule has 0 aliphatic carbocycles. The molecule has 2 rings (SSSR count). The summed E-state index contributed by atoms with van der Waals surface area (Å²) in [5.74, 6) is 2.02. The minimum absolute atomic E-state index is 0.448. The average Bonchev–Trinajstić information content (AvgIpc) is 2.94. The van der Waals surface area contributed by atoms with Gasteiger partial charge >= 0.3 is 0 Å². The maximum absolute atomic E-state index is 12.0. The third-order valence-electron chi connectivity index (χ3n) is 2.99. The van der Waals surface area contributed by atoms with E-state index in [1.807, 2.05) is 12.1 Å². The molecule has 0 spiro atoms. The number of ether oxygens (including phenoxy) is 1. The molecule has 0 fully saturated rings. The van der Waals surface area contributed by atoms with Gasteiger partial charge in [-0.3, -0.25) is 0 Å². The molecule has 1 aromatic heterocycles. The van der Waals surface area contributed by atoms with Gasteiger partial charge in [0.25, 0.3) is 6.43 Å². The summed E-state index contributed by atoms with van der Waals surface area (Å²) in [7, 11) is 0. The third-order valence-corrected chi connectivity index (χ3v) is 2.99. The van der Waals surface area contributed by atoms with Crippen molar-refractivity contribution in [3.8, 4) is 5.75 Å². The van der Waals surface area contributed by atoms with Crippen molar-refractivity contribution < 1.29 is 17.9 Å². The Bertz CT molecular complexity index is 556. The molecule has 2 aromatic rings. The quantitative estimate of drug-likeness (QED) is 0.769. The van der Waals surface area contributed by atoms with E-state index < -0.39 is 13.0 Å². The van der Waals surface area contributed by atoms with Crippen LogP contribution < -0.4 is 10.1 Å². The molecule has 0 bridgehead atoms. The first kappa shape index (κ1) is 16.4. The first-order valence-electron chi connectivity index (χ1n) is 7.31. The summed E-state index contributed by atoms with van der Waals surface area (Å²) >= 11 is 0. The molecule has 0 radical (unpaired) electrons. The third kappa shape index (κ3) is 5.44. The van der Waals surface area contributed by atoms with Crippen LogP contribution in [0.5, 0.6) is 5.75 Å². The van der Waals surface area contributed by atoms with E-state index in [0.29, 0.717) is 18.8 Å². The predicted octanol–water partition coefficient (Wildman–Crippen LogP) is 3.56. The minimum atomic E-state index is -2.46. The summed E-state index contributed by atoms with van der Waals surface area (Å²) in [4.78, 5) is 4.19. The van der Waals surface area contributed by atoms with Gasteiger partial charge in [0.2, 0.25) is 0 Å². The van der Waals surface area contributed by atoms with Gasteiger partial charge in [0.15, 0.2) is 5.89 Å². The lowest BCUT2D eigenvalue weighted by atomic mass is 10.2. The molecule has 6 heteroatoms. The van der Waals surface area contributed by atoms with Crippen molar-refractivity contribution in [1.29, 1.82) is 0 Å². The van der Waals surface area contributed by atoms with Crippen molar-refractivity contribution in [1.82, 2.24) is 10.3 Å². The molecule has 1 aromatic carbocycles. The number of aryl methyl sites for hydroxylation is 1. The average molecular weight is 310 g/mol. The molecule has 120 valence electrons. The molecule has 22 heavy (non-hydrogen) atoms. The van der Waals surface area contributed by atoms with Gasteiger partial charge in [0, 0.05) is 13.0 Å². The van der Waals surface area contributed by atoms with E-state index >= 15 is 0 Å². The summed E-state index contributed by atoms with van der Waals surface area (Å²) in [5, 5.41) is 3.25. The fourth-order valence-corrected chi connectivity index (χ4v) is 1.95. The normalized spacial score (nSPS) is 11.1. The van der Waals surface area contributed by atoms with Crippen LogP contribution in [-0.2, 0) is 19.5 Å². The molecule has 0 aliphatic rings. The Kier molecular flexibility index (Phi) is 6.33. The largest absolute Gasteiger partial charge is 0.488 e. The van der Waals surface area contributed by atoms with E-state index in [4.69, 9.17) is 9.15 Å². The van der Waals surface area contributed by atoms with Gasteiger partial charge in [0.1, 0.15) is 18.1 Å². The van der Waals surface area contributed by atoms with Crippen molar-refractivity contribution in [2.75, 3.05) is 6.61 Å². The lowest BCUT2D eigenvalue weighted by Gasteiger charge is -2.07. The van der Waals surface area contributed by atoms with Crippen LogP contribution in [0.2, 0.25) is 0 Å². The van der Waals surface area contributed by atoms with Crippen molar-refractivity contribution >= 4 is 0 Å². The first-order valence-corrected chi connectivity index (χ1v) is 7.31. The molecule has 4 nitrogen and oxygen atoms in total. The van der Waals surface area contributed by atoms with Gasteiger partial charge in [-0.25, -0.2) is 13.8 Å². The monoisotopic (exact) mass is 310 g/mol. The SMILES string of the molecule is CCCc1ncc(CNCc2ccc(OCC(F)F)cc2)o1. The fraction of sp³-hybridized carbons (Fsp3) is 0.438. The number of rotatable bonds is 9. The van der Waals surface area contributed by atoms with Gasteiger partial charge in [-0.1, -0.05) is 19.1 Å². The Morgan fingerprint density at radius 3 is 2.68 bits per heavy atom. The van der Waals surface area contributed by atoms with E-state index in [2.05, 4.69) is 17.2 Å². The number of hydrogen-bond donors (Lipinski definition) is 1. The van der Waals surface area contributed by atoms with Crippen molar-refractivity contribution in [3.63, 3.8) is 0 Å².